The zero-order valence-electron chi connectivity index (χ0n) is 16.4. The normalized spacial score (nSPS) is 10.7. The van der Waals surface area contributed by atoms with E-state index in [4.69, 9.17) is 9.47 Å². The maximum atomic E-state index is 12.5. The van der Waals surface area contributed by atoms with Gasteiger partial charge in [-0.2, -0.15) is 5.10 Å². The van der Waals surface area contributed by atoms with Crippen LogP contribution < -0.4 is 14.8 Å². The summed E-state index contributed by atoms with van der Waals surface area (Å²) in [5, 5.41) is 10.5. The molecule has 3 rings (SSSR count). The number of nitrogens with zero attached hydrogens (tertiary/aromatic N) is 1. The second-order valence-electron chi connectivity index (χ2n) is 6.90. The summed E-state index contributed by atoms with van der Waals surface area (Å²) in [6.45, 7) is 4.17. The molecule has 3 aromatic rings. The van der Waals surface area contributed by atoms with Crippen LogP contribution in [-0.2, 0) is 11.2 Å². The van der Waals surface area contributed by atoms with Gasteiger partial charge in [-0.15, -0.1) is 0 Å². The number of nitrogens with one attached hydrogen (secondary N) is 2. The van der Waals surface area contributed by atoms with Gasteiger partial charge < -0.3 is 14.8 Å². The van der Waals surface area contributed by atoms with Crippen LogP contribution in [0.4, 0.5) is 5.69 Å². The number of aromatic nitrogens is 2. The average Bonchev–Trinajstić information content (AvgIpc) is 3.08. The zero-order chi connectivity index (χ0) is 19.9. The second-order valence-corrected chi connectivity index (χ2v) is 6.90. The molecule has 0 unspecified atom stereocenters. The number of hydrogen-bond acceptors (Lipinski definition) is 4. The van der Waals surface area contributed by atoms with Crippen molar-refractivity contribution in [2.75, 3.05) is 19.0 Å². The van der Waals surface area contributed by atoms with Gasteiger partial charge >= 0.3 is 0 Å². The molecule has 0 radical (unpaired) electrons. The maximum absolute atomic E-state index is 12.5. The number of rotatable bonds is 8. The molecule has 0 spiro atoms. The molecule has 28 heavy (non-hydrogen) atoms. The number of anilines is 1. The van der Waals surface area contributed by atoms with Crippen LogP contribution in [0.2, 0.25) is 0 Å². The summed E-state index contributed by atoms with van der Waals surface area (Å²) in [5.41, 5.74) is 3.19. The zero-order valence-corrected chi connectivity index (χ0v) is 16.4. The Hall–Kier alpha value is -3.28. The Balaban J connectivity index is 1.80. The van der Waals surface area contributed by atoms with Crippen LogP contribution >= 0.6 is 0 Å². The molecule has 146 valence electrons. The molecule has 6 heteroatoms. The largest absolute Gasteiger partial charge is 0.497 e. The molecular formula is C22H25N3O3. The first-order valence-corrected chi connectivity index (χ1v) is 9.26. The third-order valence-electron chi connectivity index (χ3n) is 4.19. The first kappa shape index (κ1) is 19.5. The molecule has 0 aliphatic heterocycles. The summed E-state index contributed by atoms with van der Waals surface area (Å²) in [5.74, 6) is 1.61. The Bertz CT molecular complexity index is 903. The van der Waals surface area contributed by atoms with Crippen LogP contribution in [0.25, 0.3) is 11.3 Å². The molecule has 0 saturated heterocycles. The van der Waals surface area contributed by atoms with Crippen LogP contribution in [0.5, 0.6) is 11.5 Å². The predicted molar refractivity (Wildman–Crippen MR) is 110 cm³/mol. The Labute approximate surface area is 164 Å². The number of H-pyrrole nitrogens is 1. The lowest BCUT2D eigenvalue weighted by Gasteiger charge is -2.11. The number of carbonyl (C=O) groups excluding carboxylic acids is 1. The van der Waals surface area contributed by atoms with Crippen molar-refractivity contribution in [2.24, 2.45) is 5.92 Å². The molecule has 0 fully saturated rings. The van der Waals surface area contributed by atoms with E-state index < -0.39 is 0 Å². The number of methoxy groups -OCH3 is 1. The van der Waals surface area contributed by atoms with Gasteiger partial charge in [0.2, 0.25) is 0 Å². The van der Waals surface area contributed by atoms with E-state index in [2.05, 4.69) is 29.4 Å². The Morgan fingerprint density at radius 1 is 1.07 bits per heavy atom. The topological polar surface area (TPSA) is 76.2 Å². The standard InChI is InChI=1S/C22H25N3O3/c1-15(2)13-19-22(23-20(26)14-28-18-7-5-4-6-8-18)21(25-24-19)16-9-11-17(27-3)12-10-16/h4-12,15H,13-14H2,1-3H3,(H,23,26)(H,24,25). The van der Waals surface area contributed by atoms with Gasteiger partial charge in [0.15, 0.2) is 6.61 Å². The van der Waals surface area contributed by atoms with Crippen molar-refractivity contribution < 1.29 is 14.3 Å². The first-order chi connectivity index (χ1) is 13.6. The summed E-state index contributed by atoms with van der Waals surface area (Å²) in [6, 6.07) is 16.9. The summed E-state index contributed by atoms with van der Waals surface area (Å²) >= 11 is 0. The van der Waals surface area contributed by atoms with E-state index in [0.29, 0.717) is 23.0 Å². The van der Waals surface area contributed by atoms with E-state index in [1.807, 2.05) is 54.6 Å². The Morgan fingerprint density at radius 3 is 2.43 bits per heavy atom. The van der Waals surface area contributed by atoms with Crippen LogP contribution in [0, 0.1) is 5.92 Å². The molecule has 6 nitrogen and oxygen atoms in total. The summed E-state index contributed by atoms with van der Waals surface area (Å²) in [7, 11) is 1.63. The minimum atomic E-state index is -0.231. The number of para-hydroxylation sites is 1. The van der Waals surface area contributed by atoms with Gasteiger partial charge in [-0.3, -0.25) is 9.89 Å². The highest BCUT2D eigenvalue weighted by molar-refractivity contribution is 5.96. The van der Waals surface area contributed by atoms with Gasteiger partial charge in [0.05, 0.1) is 18.5 Å². The average molecular weight is 379 g/mol. The quantitative estimate of drug-likeness (QED) is 0.612. The monoisotopic (exact) mass is 379 g/mol. The van der Waals surface area contributed by atoms with Gasteiger partial charge in [0.1, 0.15) is 17.2 Å². The molecule has 1 amide bonds. The van der Waals surface area contributed by atoms with Gasteiger partial charge in [0.25, 0.3) is 5.91 Å². The molecule has 0 aliphatic carbocycles. The smallest absolute Gasteiger partial charge is 0.262 e. The van der Waals surface area contributed by atoms with Gasteiger partial charge in [-0.25, -0.2) is 0 Å². The van der Waals surface area contributed by atoms with Crippen molar-refractivity contribution in [3.05, 3.63) is 60.3 Å². The van der Waals surface area contributed by atoms with Crippen molar-refractivity contribution in [3.8, 4) is 22.8 Å². The molecule has 2 N–H and O–H groups in total. The van der Waals surface area contributed by atoms with Crippen LogP contribution in [0.1, 0.15) is 19.5 Å². The molecule has 2 aromatic carbocycles. The van der Waals surface area contributed by atoms with Crippen molar-refractivity contribution in [3.63, 3.8) is 0 Å². The molecular weight excluding hydrogens is 354 g/mol. The van der Waals surface area contributed by atoms with Crippen LogP contribution in [0.3, 0.4) is 0 Å². The number of amides is 1. The van der Waals surface area contributed by atoms with E-state index in [0.717, 1.165) is 23.4 Å². The Morgan fingerprint density at radius 2 is 1.79 bits per heavy atom. The number of aromatic amines is 1. The lowest BCUT2D eigenvalue weighted by Crippen LogP contribution is -2.21. The SMILES string of the molecule is COc1ccc(-c2n[nH]c(CC(C)C)c2NC(=O)COc2ccccc2)cc1. The highest BCUT2D eigenvalue weighted by Crippen LogP contribution is 2.31. The molecule has 0 saturated carbocycles. The molecule has 0 aliphatic rings. The van der Waals surface area contributed by atoms with Crippen molar-refractivity contribution in [2.45, 2.75) is 20.3 Å². The third-order valence-corrected chi connectivity index (χ3v) is 4.19. The van der Waals surface area contributed by atoms with Gasteiger partial charge in [-0.05, 0) is 48.7 Å². The van der Waals surface area contributed by atoms with E-state index in [1.165, 1.54) is 0 Å². The van der Waals surface area contributed by atoms with Gasteiger partial charge in [-0.1, -0.05) is 32.0 Å². The summed E-state index contributed by atoms with van der Waals surface area (Å²) < 4.78 is 10.8. The predicted octanol–water partition coefficient (Wildman–Crippen LogP) is 4.30. The first-order valence-electron chi connectivity index (χ1n) is 9.26. The lowest BCUT2D eigenvalue weighted by molar-refractivity contribution is -0.118. The minimum Gasteiger partial charge on any atom is -0.497 e. The summed E-state index contributed by atoms with van der Waals surface area (Å²) in [6.07, 6.45) is 0.776. The fraction of sp³-hybridized carbons (Fsp3) is 0.273. The van der Waals surface area contributed by atoms with Crippen LogP contribution in [0.15, 0.2) is 54.6 Å². The third kappa shape index (κ3) is 4.91. The fourth-order valence-electron chi connectivity index (χ4n) is 2.87. The van der Waals surface area contributed by atoms with Gasteiger partial charge in [0, 0.05) is 5.56 Å². The molecule has 0 atom stereocenters. The number of carbonyl (C=O) groups is 1. The highest BCUT2D eigenvalue weighted by Gasteiger charge is 2.18. The molecule has 0 bridgehead atoms. The van der Waals surface area contributed by atoms with E-state index >= 15 is 0 Å². The number of ether oxygens (including phenoxy) is 2. The minimum absolute atomic E-state index is 0.0711. The lowest BCUT2D eigenvalue weighted by atomic mass is 10.0. The van der Waals surface area contributed by atoms with Crippen LogP contribution in [-0.4, -0.2) is 29.8 Å². The van der Waals surface area contributed by atoms with E-state index in [1.54, 1.807) is 7.11 Å². The van der Waals surface area contributed by atoms with Crippen molar-refractivity contribution in [1.29, 1.82) is 0 Å². The van der Waals surface area contributed by atoms with E-state index in [9.17, 15) is 4.79 Å². The molecule has 1 aromatic heterocycles. The highest BCUT2D eigenvalue weighted by atomic mass is 16.5. The number of hydrogen-bond donors (Lipinski definition) is 2. The van der Waals surface area contributed by atoms with Crippen molar-refractivity contribution >= 4 is 11.6 Å². The molecule has 1 heterocycles. The number of benzene rings is 2. The van der Waals surface area contributed by atoms with E-state index in [-0.39, 0.29) is 12.5 Å². The van der Waals surface area contributed by atoms with Crippen molar-refractivity contribution in [1.82, 2.24) is 10.2 Å². The second kappa shape index (κ2) is 9.08. The Kier molecular flexibility index (Phi) is 6.32. The summed E-state index contributed by atoms with van der Waals surface area (Å²) in [4.78, 5) is 12.5. The fourth-order valence-corrected chi connectivity index (χ4v) is 2.87. The maximum Gasteiger partial charge on any atom is 0.262 e.